The summed E-state index contributed by atoms with van der Waals surface area (Å²) in [5, 5.41) is 0. The smallest absolute Gasteiger partial charge is 0.343 e. The number of hydrogen-bond acceptors (Lipinski definition) is 6. The van der Waals surface area contributed by atoms with Crippen molar-refractivity contribution < 1.29 is 28.5 Å². The molecule has 6 nitrogen and oxygen atoms in total. The van der Waals surface area contributed by atoms with Gasteiger partial charge < -0.3 is 18.9 Å². The minimum atomic E-state index is -0.493. The van der Waals surface area contributed by atoms with Crippen LogP contribution in [0.5, 0.6) is 23.0 Å². The van der Waals surface area contributed by atoms with Gasteiger partial charge >= 0.3 is 11.9 Å². The number of rotatable bonds is 24. The van der Waals surface area contributed by atoms with Gasteiger partial charge in [-0.1, -0.05) is 110 Å². The van der Waals surface area contributed by atoms with E-state index < -0.39 is 11.9 Å². The van der Waals surface area contributed by atoms with Crippen molar-refractivity contribution in [3.05, 3.63) is 83.4 Å². The summed E-state index contributed by atoms with van der Waals surface area (Å²) in [6.07, 6.45) is 20.2. The quantitative estimate of drug-likeness (QED) is 0.0549. The Bertz CT molecular complexity index is 1300. The molecule has 0 aliphatic heterocycles. The van der Waals surface area contributed by atoms with Gasteiger partial charge in [0.05, 0.1) is 24.3 Å². The van der Waals surface area contributed by atoms with Crippen LogP contribution in [0.3, 0.4) is 0 Å². The van der Waals surface area contributed by atoms with Gasteiger partial charge in [-0.05, 0) is 86.0 Å². The predicted molar refractivity (Wildman–Crippen MR) is 190 cm³/mol. The van der Waals surface area contributed by atoms with Crippen molar-refractivity contribution >= 4 is 11.9 Å². The molecule has 0 saturated heterocycles. The topological polar surface area (TPSA) is 71.1 Å². The van der Waals surface area contributed by atoms with E-state index in [4.69, 9.17) is 18.9 Å². The Morgan fingerprint density at radius 1 is 0.468 bits per heavy atom. The molecule has 256 valence electrons. The van der Waals surface area contributed by atoms with Gasteiger partial charge in [0.15, 0.2) is 0 Å². The number of hydrogen-bond donors (Lipinski definition) is 0. The summed E-state index contributed by atoms with van der Waals surface area (Å²) >= 11 is 0. The Kier molecular flexibility index (Phi) is 18.2. The SMILES string of the molecule is CCCCCCCCCCCCCCOc1ccc(OC(=O)c2ccc(OC(=O)c3ccc(C)c(OCCCCCC)c3)cc2)cc1. The Morgan fingerprint density at radius 3 is 1.43 bits per heavy atom. The molecule has 0 fully saturated rings. The van der Waals surface area contributed by atoms with Gasteiger partial charge in [-0.3, -0.25) is 0 Å². The predicted octanol–water partition coefficient (Wildman–Crippen LogP) is 11.5. The summed E-state index contributed by atoms with van der Waals surface area (Å²) in [6, 6.07) is 18.7. The summed E-state index contributed by atoms with van der Waals surface area (Å²) < 4.78 is 22.9. The maximum atomic E-state index is 12.8. The molecular weight excluding hydrogens is 588 g/mol. The first kappa shape index (κ1) is 37.7. The Balaban J connectivity index is 1.33. The van der Waals surface area contributed by atoms with Crippen molar-refractivity contribution in [3.63, 3.8) is 0 Å². The van der Waals surface area contributed by atoms with E-state index in [0.29, 0.717) is 41.6 Å². The number of esters is 2. The van der Waals surface area contributed by atoms with Gasteiger partial charge in [0, 0.05) is 0 Å². The lowest BCUT2D eigenvalue weighted by Crippen LogP contribution is -2.11. The van der Waals surface area contributed by atoms with Gasteiger partial charge in [-0.2, -0.15) is 0 Å². The minimum Gasteiger partial charge on any atom is -0.494 e. The van der Waals surface area contributed by atoms with Gasteiger partial charge in [-0.25, -0.2) is 9.59 Å². The second-order valence-electron chi connectivity index (χ2n) is 12.4. The monoisotopic (exact) mass is 644 g/mol. The first-order chi connectivity index (χ1) is 23.0. The van der Waals surface area contributed by atoms with Crippen molar-refractivity contribution in [2.24, 2.45) is 0 Å². The highest BCUT2D eigenvalue weighted by atomic mass is 16.5. The van der Waals surface area contributed by atoms with E-state index in [1.54, 1.807) is 48.5 Å². The molecule has 0 atom stereocenters. The highest BCUT2D eigenvalue weighted by molar-refractivity contribution is 5.93. The number of aryl methyl sites for hydroxylation is 1. The molecular formula is C41H56O6. The zero-order valence-corrected chi connectivity index (χ0v) is 29.0. The van der Waals surface area contributed by atoms with Crippen LogP contribution in [0.15, 0.2) is 66.7 Å². The van der Waals surface area contributed by atoms with E-state index in [1.165, 1.54) is 83.5 Å². The van der Waals surface area contributed by atoms with Crippen LogP contribution in [0.4, 0.5) is 0 Å². The number of carbonyl (C=O) groups excluding carboxylic acids is 2. The standard InChI is InChI=1S/C41H56O6/c1-4-6-8-10-11-12-13-14-15-16-17-19-30-44-36-26-28-38(29-27-36)46-40(42)34-22-24-37(25-23-34)47-41(43)35-21-20-33(3)39(32-35)45-31-18-9-7-5-2/h20-29,32H,4-19,30-31H2,1-3H3. The van der Waals surface area contributed by atoms with E-state index in [2.05, 4.69) is 13.8 Å². The fourth-order valence-corrected chi connectivity index (χ4v) is 5.32. The molecule has 3 aromatic rings. The molecule has 0 bridgehead atoms. The van der Waals surface area contributed by atoms with E-state index >= 15 is 0 Å². The second kappa shape index (κ2) is 22.7. The van der Waals surface area contributed by atoms with Crippen LogP contribution in [0.25, 0.3) is 0 Å². The Labute approximate surface area is 283 Å². The maximum absolute atomic E-state index is 12.8. The molecule has 0 saturated carbocycles. The van der Waals surface area contributed by atoms with E-state index in [1.807, 2.05) is 25.1 Å². The summed E-state index contributed by atoms with van der Waals surface area (Å²) in [5.74, 6) is 1.24. The molecule has 0 N–H and O–H groups in total. The van der Waals surface area contributed by atoms with Crippen LogP contribution in [-0.2, 0) is 0 Å². The number of unbranched alkanes of at least 4 members (excludes halogenated alkanes) is 14. The first-order valence-corrected chi connectivity index (χ1v) is 18.0. The largest absolute Gasteiger partial charge is 0.494 e. The fraction of sp³-hybridized carbons (Fsp3) is 0.512. The van der Waals surface area contributed by atoms with Crippen molar-refractivity contribution in [1.29, 1.82) is 0 Å². The lowest BCUT2D eigenvalue weighted by atomic mass is 10.1. The third-order valence-electron chi connectivity index (χ3n) is 8.28. The highest BCUT2D eigenvalue weighted by Gasteiger charge is 2.14. The number of ether oxygens (including phenoxy) is 4. The van der Waals surface area contributed by atoms with Crippen LogP contribution >= 0.6 is 0 Å². The molecule has 0 aromatic heterocycles. The Hall–Kier alpha value is -3.80. The van der Waals surface area contributed by atoms with Gasteiger partial charge in [0.2, 0.25) is 0 Å². The molecule has 3 rings (SSSR count). The van der Waals surface area contributed by atoms with Crippen molar-refractivity contribution in [3.8, 4) is 23.0 Å². The molecule has 6 heteroatoms. The van der Waals surface area contributed by atoms with Crippen LogP contribution < -0.4 is 18.9 Å². The average molecular weight is 645 g/mol. The van der Waals surface area contributed by atoms with Gasteiger partial charge in [0.1, 0.15) is 23.0 Å². The molecule has 0 aliphatic rings. The molecule has 0 aliphatic carbocycles. The second-order valence-corrected chi connectivity index (χ2v) is 12.4. The Morgan fingerprint density at radius 2 is 0.872 bits per heavy atom. The molecule has 0 spiro atoms. The number of benzene rings is 3. The summed E-state index contributed by atoms with van der Waals surface area (Å²) in [5.41, 5.74) is 1.73. The summed E-state index contributed by atoms with van der Waals surface area (Å²) in [6.45, 7) is 7.70. The molecule has 0 heterocycles. The molecule has 3 aromatic carbocycles. The van der Waals surface area contributed by atoms with E-state index in [-0.39, 0.29) is 0 Å². The van der Waals surface area contributed by atoms with Crippen molar-refractivity contribution in [1.82, 2.24) is 0 Å². The minimum absolute atomic E-state index is 0.337. The third-order valence-corrected chi connectivity index (χ3v) is 8.28. The van der Waals surface area contributed by atoms with Crippen LogP contribution in [0, 0.1) is 6.92 Å². The zero-order chi connectivity index (χ0) is 33.5. The maximum Gasteiger partial charge on any atom is 0.343 e. The normalized spacial score (nSPS) is 10.9. The third kappa shape index (κ3) is 15.1. The van der Waals surface area contributed by atoms with Crippen LogP contribution in [-0.4, -0.2) is 25.2 Å². The fourth-order valence-electron chi connectivity index (χ4n) is 5.32. The molecule has 0 unspecified atom stereocenters. The molecule has 0 amide bonds. The van der Waals surface area contributed by atoms with E-state index in [9.17, 15) is 9.59 Å². The van der Waals surface area contributed by atoms with Gasteiger partial charge in [-0.15, -0.1) is 0 Å². The molecule has 47 heavy (non-hydrogen) atoms. The number of carbonyl (C=O) groups is 2. The summed E-state index contributed by atoms with van der Waals surface area (Å²) in [7, 11) is 0. The summed E-state index contributed by atoms with van der Waals surface area (Å²) in [4.78, 5) is 25.5. The average Bonchev–Trinajstić information content (AvgIpc) is 3.08. The lowest BCUT2D eigenvalue weighted by Gasteiger charge is -2.11. The molecule has 0 radical (unpaired) electrons. The highest BCUT2D eigenvalue weighted by Crippen LogP contribution is 2.23. The van der Waals surface area contributed by atoms with Crippen LogP contribution in [0.2, 0.25) is 0 Å². The lowest BCUT2D eigenvalue weighted by molar-refractivity contribution is 0.0730. The van der Waals surface area contributed by atoms with Crippen molar-refractivity contribution in [2.45, 2.75) is 124 Å². The van der Waals surface area contributed by atoms with Crippen LogP contribution in [0.1, 0.15) is 143 Å². The van der Waals surface area contributed by atoms with E-state index in [0.717, 1.165) is 30.6 Å². The van der Waals surface area contributed by atoms with Crippen molar-refractivity contribution in [2.75, 3.05) is 13.2 Å². The van der Waals surface area contributed by atoms with Gasteiger partial charge in [0.25, 0.3) is 0 Å². The first-order valence-electron chi connectivity index (χ1n) is 18.0. The zero-order valence-electron chi connectivity index (χ0n) is 29.0.